The molecule has 0 spiro atoms. The summed E-state index contributed by atoms with van der Waals surface area (Å²) in [5, 5.41) is 2.73. The second-order valence-corrected chi connectivity index (χ2v) is 6.86. The second kappa shape index (κ2) is 6.91. The van der Waals surface area contributed by atoms with Crippen LogP contribution in [0.15, 0.2) is 46.9 Å². The van der Waals surface area contributed by atoms with Gasteiger partial charge in [0.1, 0.15) is 5.52 Å². The second-order valence-electron chi connectivity index (χ2n) is 6.86. The van der Waals surface area contributed by atoms with Crippen molar-refractivity contribution in [3.8, 4) is 0 Å². The molecule has 29 heavy (non-hydrogen) atoms. The van der Waals surface area contributed by atoms with Crippen LogP contribution in [0.1, 0.15) is 17.9 Å². The van der Waals surface area contributed by atoms with Gasteiger partial charge in [0, 0.05) is 31.3 Å². The van der Waals surface area contributed by atoms with Crippen LogP contribution in [0.3, 0.4) is 0 Å². The van der Waals surface area contributed by atoms with Crippen molar-refractivity contribution in [3.63, 3.8) is 0 Å². The van der Waals surface area contributed by atoms with Crippen LogP contribution in [-0.2, 0) is 15.8 Å². The molecule has 1 unspecified atom stereocenters. The molecule has 0 aliphatic carbocycles. The van der Waals surface area contributed by atoms with E-state index in [9.17, 15) is 22.8 Å². The zero-order chi connectivity index (χ0) is 20.8. The molecule has 0 radical (unpaired) electrons. The molecule has 1 aliphatic heterocycles. The molecule has 2 heterocycles. The number of hydrogen-bond acceptors (Lipinski definition) is 4. The van der Waals surface area contributed by atoms with E-state index in [1.54, 1.807) is 25.1 Å². The molecule has 1 fully saturated rings. The maximum absolute atomic E-state index is 12.9. The van der Waals surface area contributed by atoms with Gasteiger partial charge in [-0.15, -0.1) is 0 Å². The number of hydrogen-bond donors (Lipinski definition) is 1. The number of aryl methyl sites for hydroxylation is 1. The molecule has 9 heteroatoms. The summed E-state index contributed by atoms with van der Waals surface area (Å²) in [5.74, 6) is -0.951. The number of carbonyl (C=O) groups excluding carboxylic acids is 2. The number of alkyl halides is 3. The molecule has 0 saturated carbocycles. The van der Waals surface area contributed by atoms with E-state index in [0.29, 0.717) is 22.7 Å². The number of aromatic nitrogens is 1. The Labute approximate surface area is 163 Å². The van der Waals surface area contributed by atoms with E-state index in [-0.39, 0.29) is 24.6 Å². The minimum Gasteiger partial charge on any atom is -0.441 e. The van der Waals surface area contributed by atoms with Crippen molar-refractivity contribution in [2.75, 3.05) is 16.8 Å². The summed E-state index contributed by atoms with van der Waals surface area (Å²) in [6.45, 7) is 1.72. The highest BCUT2D eigenvalue weighted by molar-refractivity contribution is 6.03. The molecule has 1 aliphatic rings. The van der Waals surface area contributed by atoms with Gasteiger partial charge in [-0.25, -0.2) is 4.98 Å². The Kier molecular flexibility index (Phi) is 4.52. The number of rotatable bonds is 3. The topological polar surface area (TPSA) is 75.4 Å². The Hall–Kier alpha value is -3.36. The highest BCUT2D eigenvalue weighted by atomic mass is 19.4. The van der Waals surface area contributed by atoms with Crippen LogP contribution < -0.4 is 10.2 Å². The summed E-state index contributed by atoms with van der Waals surface area (Å²) in [6.07, 6.45) is -4.58. The highest BCUT2D eigenvalue weighted by Crippen LogP contribution is 2.33. The lowest BCUT2D eigenvalue weighted by molar-refractivity contribution is -0.137. The lowest BCUT2D eigenvalue weighted by Crippen LogP contribution is -2.28. The predicted molar refractivity (Wildman–Crippen MR) is 99.3 cm³/mol. The number of amides is 2. The minimum atomic E-state index is -4.51. The van der Waals surface area contributed by atoms with Crippen LogP contribution >= 0.6 is 0 Å². The van der Waals surface area contributed by atoms with Gasteiger partial charge < -0.3 is 14.6 Å². The average Bonchev–Trinajstić information content (AvgIpc) is 3.22. The number of fused-ring (bicyclic) bond motifs is 1. The zero-order valence-electron chi connectivity index (χ0n) is 15.3. The van der Waals surface area contributed by atoms with E-state index < -0.39 is 23.6 Å². The molecule has 1 N–H and O–H groups in total. The van der Waals surface area contributed by atoms with E-state index >= 15 is 0 Å². The van der Waals surface area contributed by atoms with E-state index in [1.807, 2.05) is 0 Å². The largest absolute Gasteiger partial charge is 0.441 e. The van der Waals surface area contributed by atoms with Crippen molar-refractivity contribution in [3.05, 3.63) is 53.9 Å². The van der Waals surface area contributed by atoms with Crippen LogP contribution in [0.5, 0.6) is 0 Å². The third-order valence-corrected chi connectivity index (χ3v) is 4.74. The molecule has 2 amide bonds. The molecule has 150 valence electrons. The Balaban J connectivity index is 1.49. The van der Waals surface area contributed by atoms with E-state index in [4.69, 9.17) is 4.42 Å². The van der Waals surface area contributed by atoms with Gasteiger partial charge in [-0.3, -0.25) is 9.59 Å². The summed E-state index contributed by atoms with van der Waals surface area (Å²) in [5.41, 5.74) is 0.966. The number of oxazole rings is 1. The molecular weight excluding hydrogens is 387 g/mol. The van der Waals surface area contributed by atoms with Crippen LogP contribution in [0, 0.1) is 12.8 Å². The Morgan fingerprint density at radius 3 is 2.79 bits per heavy atom. The first-order valence-corrected chi connectivity index (χ1v) is 8.86. The van der Waals surface area contributed by atoms with Crippen molar-refractivity contribution in [1.29, 1.82) is 0 Å². The molecule has 1 aromatic heterocycles. The first kappa shape index (κ1) is 19.0. The number of nitrogens with one attached hydrogen (secondary N) is 1. The molecule has 6 nitrogen and oxygen atoms in total. The lowest BCUT2D eigenvalue weighted by atomic mass is 10.1. The highest BCUT2D eigenvalue weighted by Gasteiger charge is 2.37. The molecule has 1 saturated heterocycles. The third-order valence-electron chi connectivity index (χ3n) is 4.74. The number of anilines is 2. The zero-order valence-corrected chi connectivity index (χ0v) is 15.3. The van der Waals surface area contributed by atoms with Gasteiger partial charge in [0.15, 0.2) is 11.5 Å². The summed E-state index contributed by atoms with van der Waals surface area (Å²) >= 11 is 0. The molecule has 0 bridgehead atoms. The number of nitrogens with zero attached hydrogens (tertiary/aromatic N) is 2. The third kappa shape index (κ3) is 3.80. The number of benzene rings is 2. The first-order chi connectivity index (χ1) is 13.7. The Bertz CT molecular complexity index is 1110. The molecule has 2 aromatic carbocycles. The van der Waals surface area contributed by atoms with Crippen LogP contribution in [0.25, 0.3) is 11.1 Å². The fourth-order valence-corrected chi connectivity index (χ4v) is 3.35. The fraction of sp³-hybridized carbons (Fsp3) is 0.250. The van der Waals surface area contributed by atoms with Gasteiger partial charge in [0.2, 0.25) is 11.8 Å². The van der Waals surface area contributed by atoms with Gasteiger partial charge in [-0.1, -0.05) is 6.07 Å². The van der Waals surface area contributed by atoms with Gasteiger partial charge in [0.25, 0.3) is 0 Å². The van der Waals surface area contributed by atoms with Crippen molar-refractivity contribution >= 4 is 34.3 Å². The van der Waals surface area contributed by atoms with Gasteiger partial charge in [-0.2, -0.15) is 13.2 Å². The Morgan fingerprint density at radius 2 is 2.03 bits per heavy atom. The fourth-order valence-electron chi connectivity index (χ4n) is 3.35. The van der Waals surface area contributed by atoms with Crippen LogP contribution in [0.2, 0.25) is 0 Å². The van der Waals surface area contributed by atoms with E-state index in [0.717, 1.165) is 12.1 Å². The summed E-state index contributed by atoms with van der Waals surface area (Å²) < 4.78 is 44.2. The van der Waals surface area contributed by atoms with E-state index in [1.165, 1.54) is 17.0 Å². The van der Waals surface area contributed by atoms with Crippen LogP contribution in [0.4, 0.5) is 24.5 Å². The van der Waals surface area contributed by atoms with E-state index in [2.05, 4.69) is 10.3 Å². The Morgan fingerprint density at radius 1 is 1.24 bits per heavy atom. The molecule has 3 aromatic rings. The predicted octanol–water partition coefficient (Wildman–Crippen LogP) is 4.15. The molecule has 4 rings (SSSR count). The number of halogens is 3. The van der Waals surface area contributed by atoms with Crippen molar-refractivity contribution in [2.24, 2.45) is 5.92 Å². The van der Waals surface area contributed by atoms with Gasteiger partial charge in [-0.05, 0) is 36.4 Å². The standard InChI is InChI=1S/C20H16F3N3O3/c1-11-24-16-9-14(5-6-17(16)29-11)25-19(28)12-7-18(27)26(10-12)15-4-2-3-13(8-15)20(21,22)23/h2-6,8-9,12H,7,10H2,1H3,(H,25,28). The van der Waals surface area contributed by atoms with Crippen molar-refractivity contribution in [1.82, 2.24) is 4.98 Å². The van der Waals surface area contributed by atoms with Gasteiger partial charge in [0.05, 0.1) is 11.5 Å². The van der Waals surface area contributed by atoms with Crippen molar-refractivity contribution in [2.45, 2.75) is 19.5 Å². The molecule has 1 atom stereocenters. The number of carbonyl (C=O) groups is 2. The van der Waals surface area contributed by atoms with Crippen molar-refractivity contribution < 1.29 is 27.2 Å². The maximum Gasteiger partial charge on any atom is 0.416 e. The minimum absolute atomic E-state index is 0.0112. The summed E-state index contributed by atoms with van der Waals surface area (Å²) in [7, 11) is 0. The molecular formula is C20H16F3N3O3. The maximum atomic E-state index is 12.9. The smallest absolute Gasteiger partial charge is 0.416 e. The quantitative estimate of drug-likeness (QED) is 0.713. The summed E-state index contributed by atoms with van der Waals surface area (Å²) in [6, 6.07) is 9.52. The monoisotopic (exact) mass is 403 g/mol. The van der Waals surface area contributed by atoms with Gasteiger partial charge >= 0.3 is 6.18 Å². The summed E-state index contributed by atoms with van der Waals surface area (Å²) in [4.78, 5) is 30.3. The average molecular weight is 403 g/mol. The lowest BCUT2D eigenvalue weighted by Gasteiger charge is -2.18. The normalized spacial score (nSPS) is 17.2. The SMILES string of the molecule is Cc1nc2cc(NC(=O)C3CC(=O)N(c4cccc(C(F)(F)F)c4)C3)ccc2o1. The first-order valence-electron chi connectivity index (χ1n) is 8.86. The van der Waals surface area contributed by atoms with Crippen LogP contribution in [-0.4, -0.2) is 23.3 Å².